The van der Waals surface area contributed by atoms with E-state index in [4.69, 9.17) is 0 Å². The normalized spacial score (nSPS) is 14.1. The van der Waals surface area contributed by atoms with E-state index in [2.05, 4.69) is 73.8 Å². The highest BCUT2D eigenvalue weighted by Crippen LogP contribution is 2.27. The van der Waals surface area contributed by atoms with Crippen LogP contribution >= 0.6 is 11.3 Å². The molecule has 0 saturated carbocycles. The maximum Gasteiger partial charge on any atom is 0.00481 e. The third-order valence-corrected chi connectivity index (χ3v) is 5.70. The first-order chi connectivity index (χ1) is 10.8. The zero-order chi connectivity index (χ0) is 15.4. The van der Waals surface area contributed by atoms with Crippen LogP contribution in [0.3, 0.4) is 0 Å². The van der Waals surface area contributed by atoms with Crippen LogP contribution in [-0.4, -0.2) is 0 Å². The highest BCUT2D eigenvalue weighted by Gasteiger charge is 2.17. The van der Waals surface area contributed by atoms with Gasteiger partial charge >= 0.3 is 0 Å². The maximum atomic E-state index is 2.40. The molecule has 114 valence electrons. The van der Waals surface area contributed by atoms with Crippen LogP contribution in [-0.2, 0) is 12.8 Å². The Morgan fingerprint density at radius 2 is 1.73 bits per heavy atom. The summed E-state index contributed by atoms with van der Waals surface area (Å²) in [5, 5.41) is 4.89. The first-order valence-corrected chi connectivity index (χ1v) is 9.14. The molecule has 3 rings (SSSR count). The van der Waals surface area contributed by atoms with Gasteiger partial charge < -0.3 is 0 Å². The second-order valence-electron chi connectivity index (χ2n) is 6.31. The minimum Gasteiger partial charge on any atom is -0.149 e. The van der Waals surface area contributed by atoms with E-state index in [0.29, 0.717) is 0 Å². The summed E-state index contributed by atoms with van der Waals surface area (Å²) >= 11 is 1.89. The molecule has 0 amide bonds. The molecule has 0 nitrogen and oxygen atoms in total. The van der Waals surface area contributed by atoms with Crippen molar-refractivity contribution < 1.29 is 0 Å². The molecule has 0 saturated heterocycles. The topological polar surface area (TPSA) is 0 Å². The summed E-state index contributed by atoms with van der Waals surface area (Å²) in [6.45, 7) is 4.71. The van der Waals surface area contributed by atoms with Crippen LogP contribution in [0, 0.1) is 11.8 Å². The third kappa shape index (κ3) is 3.59. The summed E-state index contributed by atoms with van der Waals surface area (Å²) in [6.07, 6.45) is 3.64. The molecule has 1 aromatic heterocycles. The third-order valence-electron chi connectivity index (χ3n) is 4.80. The molecule has 0 aliphatic heterocycles. The van der Waals surface area contributed by atoms with Crippen molar-refractivity contribution in [3.05, 3.63) is 70.4 Å². The Hall–Kier alpha value is -1.60. The Morgan fingerprint density at radius 1 is 0.909 bits per heavy atom. The summed E-state index contributed by atoms with van der Waals surface area (Å²) in [7, 11) is 0. The van der Waals surface area contributed by atoms with Crippen LogP contribution < -0.4 is 0 Å². The van der Waals surface area contributed by atoms with Gasteiger partial charge in [-0.05, 0) is 52.5 Å². The Bertz CT molecular complexity index is 712. The smallest absolute Gasteiger partial charge is 0.00481 e. The summed E-state index contributed by atoms with van der Waals surface area (Å²) < 4.78 is 0. The van der Waals surface area contributed by atoms with Gasteiger partial charge in [0.2, 0.25) is 0 Å². The van der Waals surface area contributed by atoms with Gasteiger partial charge in [-0.15, -0.1) is 11.3 Å². The summed E-state index contributed by atoms with van der Waals surface area (Å²) in [5.74, 6) is 1.48. The molecular weight excluding hydrogens is 284 g/mol. The SMILES string of the molecule is CCC(C)C(Cc1ccc2ccccc2c1)Cc1cccs1. The maximum absolute atomic E-state index is 2.40. The van der Waals surface area contributed by atoms with E-state index in [9.17, 15) is 0 Å². The van der Waals surface area contributed by atoms with Gasteiger partial charge in [-0.25, -0.2) is 0 Å². The molecule has 0 spiro atoms. The highest BCUT2D eigenvalue weighted by molar-refractivity contribution is 7.09. The fourth-order valence-corrected chi connectivity index (χ4v) is 3.96. The van der Waals surface area contributed by atoms with Crippen LogP contribution in [0.15, 0.2) is 60.0 Å². The van der Waals surface area contributed by atoms with Gasteiger partial charge in [0, 0.05) is 4.88 Å². The van der Waals surface area contributed by atoms with Crippen LogP contribution in [0.4, 0.5) is 0 Å². The molecule has 0 bridgehead atoms. The van der Waals surface area contributed by atoms with Gasteiger partial charge in [-0.3, -0.25) is 0 Å². The van der Waals surface area contributed by atoms with Crippen molar-refractivity contribution >= 4 is 22.1 Å². The molecule has 0 radical (unpaired) electrons. The lowest BCUT2D eigenvalue weighted by Crippen LogP contribution is -2.16. The standard InChI is InChI=1S/C21H24S/c1-3-16(2)20(15-21-9-6-12-22-21)14-17-10-11-18-7-4-5-8-19(18)13-17/h4-13,16,20H,3,14-15H2,1-2H3. The predicted octanol–water partition coefficient (Wildman–Crippen LogP) is 6.35. The van der Waals surface area contributed by atoms with Crippen LogP contribution in [0.1, 0.15) is 30.7 Å². The van der Waals surface area contributed by atoms with Crippen molar-refractivity contribution in [3.63, 3.8) is 0 Å². The van der Waals surface area contributed by atoms with Gasteiger partial charge in [-0.2, -0.15) is 0 Å². The zero-order valence-corrected chi connectivity index (χ0v) is 14.3. The molecule has 0 aliphatic carbocycles. The average Bonchev–Trinajstić information content (AvgIpc) is 3.06. The Kier molecular flexibility index (Phi) is 4.94. The molecule has 2 unspecified atom stereocenters. The van der Waals surface area contributed by atoms with Crippen molar-refractivity contribution in [1.82, 2.24) is 0 Å². The fourth-order valence-electron chi connectivity index (χ4n) is 3.16. The number of rotatable bonds is 6. The lowest BCUT2D eigenvalue weighted by molar-refractivity contribution is 0.345. The zero-order valence-electron chi connectivity index (χ0n) is 13.5. The summed E-state index contributed by atoms with van der Waals surface area (Å²) in [6, 6.07) is 20.1. The molecule has 0 fully saturated rings. The Balaban J connectivity index is 1.81. The molecule has 2 atom stereocenters. The quantitative estimate of drug-likeness (QED) is 0.498. The average molecular weight is 308 g/mol. The number of fused-ring (bicyclic) bond motifs is 1. The highest BCUT2D eigenvalue weighted by atomic mass is 32.1. The largest absolute Gasteiger partial charge is 0.149 e. The summed E-state index contributed by atoms with van der Waals surface area (Å²) in [5.41, 5.74) is 1.47. The van der Waals surface area contributed by atoms with Crippen LogP contribution in [0.2, 0.25) is 0 Å². The monoisotopic (exact) mass is 308 g/mol. The second-order valence-corrected chi connectivity index (χ2v) is 7.35. The minimum atomic E-state index is 0.727. The Labute approximate surface area is 137 Å². The van der Waals surface area contributed by atoms with Crippen LogP contribution in [0.5, 0.6) is 0 Å². The van der Waals surface area contributed by atoms with Crippen LogP contribution in [0.25, 0.3) is 10.8 Å². The number of thiophene rings is 1. The molecule has 0 aliphatic rings. The Morgan fingerprint density at radius 3 is 2.45 bits per heavy atom. The molecule has 0 N–H and O–H groups in total. The number of hydrogen-bond donors (Lipinski definition) is 0. The van der Waals surface area contributed by atoms with E-state index in [1.54, 1.807) is 0 Å². The molecular formula is C21H24S. The van der Waals surface area contributed by atoms with E-state index in [1.807, 2.05) is 11.3 Å². The lowest BCUT2D eigenvalue weighted by Gasteiger charge is -2.23. The van der Waals surface area contributed by atoms with E-state index >= 15 is 0 Å². The number of hydrogen-bond acceptors (Lipinski definition) is 1. The predicted molar refractivity (Wildman–Crippen MR) is 98.6 cm³/mol. The number of benzene rings is 2. The molecule has 3 aromatic rings. The van der Waals surface area contributed by atoms with E-state index in [1.165, 1.54) is 40.5 Å². The van der Waals surface area contributed by atoms with E-state index < -0.39 is 0 Å². The first kappa shape index (κ1) is 15.3. The first-order valence-electron chi connectivity index (χ1n) is 8.26. The van der Waals surface area contributed by atoms with Gasteiger partial charge in [0.05, 0.1) is 0 Å². The van der Waals surface area contributed by atoms with E-state index in [-0.39, 0.29) is 0 Å². The van der Waals surface area contributed by atoms with Gasteiger partial charge in [-0.1, -0.05) is 68.8 Å². The molecule has 2 aromatic carbocycles. The van der Waals surface area contributed by atoms with Crippen molar-refractivity contribution in [3.8, 4) is 0 Å². The lowest BCUT2D eigenvalue weighted by atomic mass is 9.83. The molecule has 1 heteroatoms. The minimum absolute atomic E-state index is 0.727. The van der Waals surface area contributed by atoms with Gasteiger partial charge in [0.25, 0.3) is 0 Å². The van der Waals surface area contributed by atoms with Crippen molar-refractivity contribution in [2.24, 2.45) is 11.8 Å². The molecule has 22 heavy (non-hydrogen) atoms. The summed E-state index contributed by atoms with van der Waals surface area (Å²) in [4.78, 5) is 1.52. The van der Waals surface area contributed by atoms with Crippen molar-refractivity contribution in [2.45, 2.75) is 33.1 Å². The van der Waals surface area contributed by atoms with Gasteiger partial charge in [0.15, 0.2) is 0 Å². The van der Waals surface area contributed by atoms with Gasteiger partial charge in [0.1, 0.15) is 0 Å². The van der Waals surface area contributed by atoms with Crippen molar-refractivity contribution in [2.75, 3.05) is 0 Å². The van der Waals surface area contributed by atoms with Crippen molar-refractivity contribution in [1.29, 1.82) is 0 Å². The molecule has 1 heterocycles. The fraction of sp³-hybridized carbons (Fsp3) is 0.333. The van der Waals surface area contributed by atoms with E-state index in [0.717, 1.165) is 11.8 Å². The second kappa shape index (κ2) is 7.11.